The zero-order chi connectivity index (χ0) is 14.0. The number of ether oxygens (including phenoxy) is 1. The molecule has 2 aromatic heterocycles. The third kappa shape index (κ3) is 1.86. The maximum Gasteiger partial charge on any atom is 0.356 e. The van der Waals surface area contributed by atoms with Gasteiger partial charge in [-0.1, -0.05) is 11.3 Å². The molecule has 5 nitrogen and oxygen atoms in total. The monoisotopic (exact) mass is 280 g/mol. The maximum absolute atomic E-state index is 11.0. The lowest BCUT2D eigenvalue weighted by molar-refractivity contribution is -0.136. The van der Waals surface area contributed by atoms with Gasteiger partial charge < -0.3 is 9.84 Å². The average Bonchev–Trinajstić information content (AvgIpc) is 2.74. The summed E-state index contributed by atoms with van der Waals surface area (Å²) in [5.74, 6) is -0.991. The zero-order valence-corrected chi connectivity index (χ0v) is 12.2. The number of aromatic nitrogens is 2. The molecule has 2 aromatic rings. The number of hydrogen-bond donors (Lipinski definition) is 1. The SMILES string of the molecule is CC1(C)Cc2c(sc3nc(C(=O)O)cn23)C(C)(C)O1. The van der Waals surface area contributed by atoms with Crippen molar-refractivity contribution in [3.8, 4) is 0 Å². The van der Waals surface area contributed by atoms with Gasteiger partial charge in [-0.05, 0) is 27.7 Å². The molecule has 3 heterocycles. The molecule has 0 fully saturated rings. The van der Waals surface area contributed by atoms with E-state index in [1.807, 2.05) is 18.2 Å². The van der Waals surface area contributed by atoms with Gasteiger partial charge in [-0.2, -0.15) is 0 Å². The summed E-state index contributed by atoms with van der Waals surface area (Å²) in [6.07, 6.45) is 2.35. The van der Waals surface area contributed by atoms with Crippen molar-refractivity contribution in [3.63, 3.8) is 0 Å². The average molecular weight is 280 g/mol. The number of thiazole rings is 1. The predicted molar refractivity (Wildman–Crippen MR) is 71.9 cm³/mol. The summed E-state index contributed by atoms with van der Waals surface area (Å²) in [5, 5.41) is 9.02. The fraction of sp³-hybridized carbons (Fsp3) is 0.538. The van der Waals surface area contributed by atoms with Gasteiger partial charge in [0.15, 0.2) is 10.7 Å². The Morgan fingerprint density at radius 1 is 1.47 bits per heavy atom. The number of aromatic carboxylic acids is 1. The lowest BCUT2D eigenvalue weighted by Gasteiger charge is -2.40. The first kappa shape index (κ1) is 12.6. The minimum atomic E-state index is -0.991. The Balaban J connectivity index is 2.24. The summed E-state index contributed by atoms with van der Waals surface area (Å²) in [6, 6.07) is 0. The molecule has 0 unspecified atom stereocenters. The topological polar surface area (TPSA) is 63.8 Å². The summed E-state index contributed by atoms with van der Waals surface area (Å²) >= 11 is 1.51. The fourth-order valence-corrected chi connectivity index (χ4v) is 3.97. The molecule has 0 aromatic carbocycles. The summed E-state index contributed by atoms with van der Waals surface area (Å²) in [7, 11) is 0. The van der Waals surface area contributed by atoms with Gasteiger partial charge in [0.05, 0.1) is 16.1 Å². The van der Waals surface area contributed by atoms with Gasteiger partial charge in [-0.15, -0.1) is 0 Å². The van der Waals surface area contributed by atoms with Crippen LogP contribution in [0.1, 0.15) is 48.8 Å². The molecule has 0 atom stereocenters. The van der Waals surface area contributed by atoms with Crippen molar-refractivity contribution < 1.29 is 14.6 Å². The zero-order valence-electron chi connectivity index (χ0n) is 11.4. The van der Waals surface area contributed by atoms with Crippen LogP contribution >= 0.6 is 11.3 Å². The lowest BCUT2D eigenvalue weighted by atomic mass is 9.91. The first-order valence-corrected chi connectivity index (χ1v) is 6.96. The second kappa shape index (κ2) is 3.58. The Morgan fingerprint density at radius 2 is 2.16 bits per heavy atom. The first-order valence-electron chi connectivity index (χ1n) is 6.14. The second-order valence-electron chi connectivity index (χ2n) is 6.01. The molecule has 0 saturated carbocycles. The molecule has 19 heavy (non-hydrogen) atoms. The van der Waals surface area contributed by atoms with Crippen molar-refractivity contribution in [2.24, 2.45) is 0 Å². The minimum Gasteiger partial charge on any atom is -0.476 e. The van der Waals surface area contributed by atoms with Gasteiger partial charge in [0.1, 0.15) is 0 Å². The Bertz CT molecular complexity index is 681. The van der Waals surface area contributed by atoms with Gasteiger partial charge >= 0.3 is 5.97 Å². The second-order valence-corrected chi connectivity index (χ2v) is 6.99. The van der Waals surface area contributed by atoms with E-state index < -0.39 is 5.97 Å². The van der Waals surface area contributed by atoms with E-state index >= 15 is 0 Å². The molecule has 1 aliphatic heterocycles. The van der Waals surface area contributed by atoms with Crippen LogP contribution in [0.2, 0.25) is 0 Å². The number of carbonyl (C=O) groups is 1. The van der Waals surface area contributed by atoms with Crippen LogP contribution in [0, 0.1) is 0 Å². The fourth-order valence-electron chi connectivity index (χ4n) is 2.80. The highest BCUT2D eigenvalue weighted by Crippen LogP contribution is 2.43. The molecule has 1 N–H and O–H groups in total. The number of carboxylic acids is 1. The van der Waals surface area contributed by atoms with E-state index in [4.69, 9.17) is 9.84 Å². The van der Waals surface area contributed by atoms with Crippen LogP contribution in [0.15, 0.2) is 6.20 Å². The lowest BCUT2D eigenvalue weighted by Crippen LogP contribution is -2.42. The standard InChI is InChI=1S/C13H16N2O3S/c1-12(2)5-8-9(13(3,4)18-12)19-11-14-7(10(16)17)6-15(8)11/h6H,5H2,1-4H3,(H,16,17). The Kier molecular flexibility index (Phi) is 2.38. The minimum absolute atomic E-state index is 0.0937. The molecular weight excluding hydrogens is 264 g/mol. The van der Waals surface area contributed by atoms with Crippen LogP contribution in [-0.2, 0) is 16.8 Å². The van der Waals surface area contributed by atoms with E-state index in [1.165, 1.54) is 11.3 Å². The Hall–Kier alpha value is -1.40. The number of fused-ring (bicyclic) bond motifs is 3. The summed E-state index contributed by atoms with van der Waals surface area (Å²) in [5.41, 5.74) is 0.571. The van der Waals surface area contributed by atoms with E-state index in [2.05, 4.69) is 18.8 Å². The van der Waals surface area contributed by atoms with Crippen LogP contribution in [-0.4, -0.2) is 26.1 Å². The third-order valence-electron chi connectivity index (χ3n) is 3.31. The van der Waals surface area contributed by atoms with Crippen molar-refractivity contribution in [2.75, 3.05) is 0 Å². The molecule has 102 valence electrons. The number of imidazole rings is 1. The van der Waals surface area contributed by atoms with E-state index in [0.29, 0.717) is 0 Å². The third-order valence-corrected chi connectivity index (χ3v) is 4.71. The highest BCUT2D eigenvalue weighted by molar-refractivity contribution is 7.17. The molecule has 0 spiro atoms. The molecule has 0 bridgehead atoms. The van der Waals surface area contributed by atoms with Crippen molar-refractivity contribution in [1.82, 2.24) is 9.38 Å². The van der Waals surface area contributed by atoms with E-state index in [-0.39, 0.29) is 16.9 Å². The van der Waals surface area contributed by atoms with Crippen molar-refractivity contribution in [1.29, 1.82) is 0 Å². The van der Waals surface area contributed by atoms with Crippen molar-refractivity contribution in [2.45, 2.75) is 45.3 Å². The van der Waals surface area contributed by atoms with Gasteiger partial charge in [0.25, 0.3) is 0 Å². The van der Waals surface area contributed by atoms with Crippen molar-refractivity contribution >= 4 is 22.3 Å². The van der Waals surface area contributed by atoms with Crippen LogP contribution < -0.4 is 0 Å². The van der Waals surface area contributed by atoms with Gasteiger partial charge in [0, 0.05) is 18.3 Å². The molecule has 1 aliphatic rings. The quantitative estimate of drug-likeness (QED) is 0.872. The van der Waals surface area contributed by atoms with Crippen LogP contribution in [0.3, 0.4) is 0 Å². The van der Waals surface area contributed by atoms with E-state index in [0.717, 1.165) is 22.0 Å². The normalized spacial score (nSPS) is 20.4. The van der Waals surface area contributed by atoms with E-state index in [9.17, 15) is 4.79 Å². The summed E-state index contributed by atoms with van der Waals surface area (Å²) < 4.78 is 8.02. The van der Waals surface area contributed by atoms with Crippen LogP contribution in [0.25, 0.3) is 4.96 Å². The van der Waals surface area contributed by atoms with Crippen LogP contribution in [0.5, 0.6) is 0 Å². The Labute approximate surface area is 114 Å². The number of hydrogen-bond acceptors (Lipinski definition) is 4. The molecule has 0 radical (unpaired) electrons. The molecular formula is C13H16N2O3S. The smallest absolute Gasteiger partial charge is 0.356 e. The predicted octanol–water partition coefficient (Wildman–Crippen LogP) is 2.68. The largest absolute Gasteiger partial charge is 0.476 e. The number of carboxylic acid groups (broad SMARTS) is 1. The molecule has 0 saturated heterocycles. The highest BCUT2D eigenvalue weighted by atomic mass is 32.1. The maximum atomic E-state index is 11.0. The van der Waals surface area contributed by atoms with Crippen LogP contribution in [0.4, 0.5) is 0 Å². The molecule has 0 aliphatic carbocycles. The van der Waals surface area contributed by atoms with Gasteiger partial charge in [-0.25, -0.2) is 9.78 Å². The Morgan fingerprint density at radius 3 is 2.79 bits per heavy atom. The first-order chi connectivity index (χ1) is 8.70. The van der Waals surface area contributed by atoms with Gasteiger partial charge in [0.2, 0.25) is 0 Å². The van der Waals surface area contributed by atoms with Crippen molar-refractivity contribution in [3.05, 3.63) is 22.5 Å². The number of rotatable bonds is 1. The molecule has 6 heteroatoms. The summed E-state index contributed by atoms with van der Waals surface area (Å²) in [4.78, 5) is 17.0. The molecule has 3 rings (SSSR count). The number of nitrogens with zero attached hydrogens (tertiary/aromatic N) is 2. The van der Waals surface area contributed by atoms with E-state index in [1.54, 1.807) is 6.20 Å². The highest BCUT2D eigenvalue weighted by Gasteiger charge is 2.41. The molecule has 0 amide bonds. The summed E-state index contributed by atoms with van der Waals surface area (Å²) in [6.45, 7) is 8.19. The van der Waals surface area contributed by atoms with Gasteiger partial charge in [-0.3, -0.25) is 4.40 Å².